The lowest BCUT2D eigenvalue weighted by atomic mass is 10.2. The third-order valence-electron chi connectivity index (χ3n) is 3.03. The summed E-state index contributed by atoms with van der Waals surface area (Å²) in [5.41, 5.74) is 2.02. The molecule has 2 rings (SSSR count). The highest BCUT2D eigenvalue weighted by Gasteiger charge is 2.20. The Morgan fingerprint density at radius 2 is 2.28 bits per heavy atom. The first kappa shape index (κ1) is 12.9. The molecule has 4 heteroatoms. The van der Waals surface area contributed by atoms with Gasteiger partial charge >= 0.3 is 0 Å². The van der Waals surface area contributed by atoms with E-state index in [2.05, 4.69) is 5.32 Å². The van der Waals surface area contributed by atoms with Crippen molar-refractivity contribution in [3.8, 4) is 0 Å². The van der Waals surface area contributed by atoms with Crippen molar-refractivity contribution in [3.63, 3.8) is 0 Å². The summed E-state index contributed by atoms with van der Waals surface area (Å²) in [5, 5.41) is 3.35. The first-order valence-corrected chi connectivity index (χ1v) is 6.54. The van der Waals surface area contributed by atoms with Gasteiger partial charge < -0.3 is 15.0 Å². The normalized spacial score (nSPS) is 14.6. The second-order valence-corrected chi connectivity index (χ2v) is 4.29. The third kappa shape index (κ3) is 3.01. The summed E-state index contributed by atoms with van der Waals surface area (Å²) in [6.07, 6.45) is 1.41. The molecule has 1 amide bonds. The lowest BCUT2D eigenvalue weighted by Gasteiger charge is -2.22. The number of anilines is 2. The molecule has 1 aliphatic heterocycles. The average molecular weight is 248 g/mol. The van der Waals surface area contributed by atoms with Crippen LogP contribution in [0.25, 0.3) is 0 Å². The Balaban J connectivity index is 2.09. The summed E-state index contributed by atoms with van der Waals surface area (Å²) in [6, 6.07) is 7.96. The summed E-state index contributed by atoms with van der Waals surface area (Å²) in [4.78, 5) is 14.1. The molecule has 0 bridgehead atoms. The van der Waals surface area contributed by atoms with Gasteiger partial charge in [0.05, 0.1) is 24.4 Å². The number of benzene rings is 1. The Kier molecular flexibility index (Phi) is 4.59. The molecule has 0 aliphatic carbocycles. The van der Waals surface area contributed by atoms with Crippen molar-refractivity contribution in [1.29, 1.82) is 0 Å². The minimum Gasteiger partial charge on any atom is -0.383 e. The Morgan fingerprint density at radius 1 is 1.44 bits per heavy atom. The topological polar surface area (TPSA) is 41.6 Å². The zero-order valence-corrected chi connectivity index (χ0v) is 10.8. The smallest absolute Gasteiger partial charge is 0.229 e. The van der Waals surface area contributed by atoms with Crippen LogP contribution < -0.4 is 10.2 Å². The molecule has 1 heterocycles. The molecule has 98 valence electrons. The monoisotopic (exact) mass is 248 g/mol. The Bertz CT molecular complexity index is 407. The molecular weight excluding hydrogens is 228 g/mol. The van der Waals surface area contributed by atoms with Crippen LogP contribution >= 0.6 is 0 Å². The van der Waals surface area contributed by atoms with E-state index in [0.717, 1.165) is 30.9 Å². The maximum absolute atomic E-state index is 12.2. The predicted octanol–water partition coefficient (Wildman–Crippen LogP) is 2.26. The molecule has 1 aliphatic rings. The highest BCUT2D eigenvalue weighted by molar-refractivity contribution is 5.97. The fourth-order valence-corrected chi connectivity index (χ4v) is 2.14. The summed E-state index contributed by atoms with van der Waals surface area (Å²) in [6.45, 7) is 4.78. The minimum absolute atomic E-state index is 0.139. The lowest BCUT2D eigenvalue weighted by molar-refractivity contribution is -0.119. The van der Waals surface area contributed by atoms with Crippen LogP contribution in [0.15, 0.2) is 24.3 Å². The van der Waals surface area contributed by atoms with Crippen LogP contribution in [-0.2, 0) is 9.53 Å². The van der Waals surface area contributed by atoms with Crippen molar-refractivity contribution in [3.05, 3.63) is 24.3 Å². The van der Waals surface area contributed by atoms with Gasteiger partial charge in [0.15, 0.2) is 0 Å². The highest BCUT2D eigenvalue weighted by atomic mass is 16.5. The van der Waals surface area contributed by atoms with Crippen LogP contribution in [0.1, 0.15) is 19.8 Å². The van der Waals surface area contributed by atoms with Crippen LogP contribution in [0.3, 0.4) is 0 Å². The molecular formula is C14H20N2O2. The number of nitrogens with zero attached hydrogens (tertiary/aromatic N) is 1. The van der Waals surface area contributed by atoms with Crippen molar-refractivity contribution in [2.45, 2.75) is 19.8 Å². The van der Waals surface area contributed by atoms with Gasteiger partial charge in [-0.2, -0.15) is 0 Å². The molecule has 0 spiro atoms. The van der Waals surface area contributed by atoms with Crippen molar-refractivity contribution >= 4 is 17.3 Å². The van der Waals surface area contributed by atoms with Crippen molar-refractivity contribution in [2.75, 3.05) is 36.5 Å². The standard InChI is InChI=1S/C14H20N2O2/c1-2-18-11-8-14(17)16-10-5-9-15-12-6-3-4-7-13(12)16/h3-4,6-7,15H,2,5,8-11H2,1H3. The number of hydrogen-bond acceptors (Lipinski definition) is 3. The second-order valence-electron chi connectivity index (χ2n) is 4.29. The first-order chi connectivity index (χ1) is 8.83. The average Bonchev–Trinajstić information content (AvgIpc) is 2.61. The maximum Gasteiger partial charge on any atom is 0.229 e. The van der Waals surface area contributed by atoms with Gasteiger partial charge in [-0.15, -0.1) is 0 Å². The van der Waals surface area contributed by atoms with E-state index < -0.39 is 0 Å². The number of carbonyl (C=O) groups is 1. The van der Waals surface area contributed by atoms with Crippen LogP contribution in [0, 0.1) is 0 Å². The van der Waals surface area contributed by atoms with E-state index in [-0.39, 0.29) is 5.91 Å². The molecule has 0 unspecified atom stereocenters. The zero-order valence-electron chi connectivity index (χ0n) is 10.8. The molecule has 0 saturated carbocycles. The van der Waals surface area contributed by atoms with Gasteiger partial charge in [0, 0.05) is 19.7 Å². The van der Waals surface area contributed by atoms with E-state index in [1.807, 2.05) is 36.1 Å². The molecule has 1 N–H and O–H groups in total. The van der Waals surface area contributed by atoms with Gasteiger partial charge in [-0.05, 0) is 25.5 Å². The number of hydrogen-bond donors (Lipinski definition) is 1. The Morgan fingerprint density at radius 3 is 3.11 bits per heavy atom. The molecule has 18 heavy (non-hydrogen) atoms. The van der Waals surface area contributed by atoms with Crippen LogP contribution in [0.5, 0.6) is 0 Å². The van der Waals surface area contributed by atoms with Crippen LogP contribution in [-0.4, -0.2) is 32.2 Å². The summed E-state index contributed by atoms with van der Waals surface area (Å²) >= 11 is 0. The first-order valence-electron chi connectivity index (χ1n) is 6.54. The molecule has 0 radical (unpaired) electrons. The van der Waals surface area contributed by atoms with Gasteiger partial charge in [-0.3, -0.25) is 4.79 Å². The molecule has 0 saturated heterocycles. The van der Waals surface area contributed by atoms with Gasteiger partial charge in [0.2, 0.25) is 5.91 Å². The Hall–Kier alpha value is -1.55. The predicted molar refractivity (Wildman–Crippen MR) is 73.0 cm³/mol. The number of rotatable bonds is 4. The highest BCUT2D eigenvalue weighted by Crippen LogP contribution is 2.28. The summed E-state index contributed by atoms with van der Waals surface area (Å²) in [7, 11) is 0. The van der Waals surface area contributed by atoms with Crippen LogP contribution in [0.4, 0.5) is 11.4 Å². The van der Waals surface area contributed by atoms with E-state index in [1.54, 1.807) is 0 Å². The third-order valence-corrected chi connectivity index (χ3v) is 3.03. The van der Waals surface area contributed by atoms with Crippen LogP contribution in [0.2, 0.25) is 0 Å². The molecule has 1 aromatic rings. The molecule has 1 aromatic carbocycles. The number of amides is 1. The largest absolute Gasteiger partial charge is 0.383 e. The maximum atomic E-state index is 12.2. The number of para-hydroxylation sites is 2. The number of ether oxygens (including phenoxy) is 1. The number of nitrogens with one attached hydrogen (secondary N) is 1. The van der Waals surface area contributed by atoms with E-state index in [1.165, 1.54) is 0 Å². The second kappa shape index (κ2) is 6.40. The lowest BCUT2D eigenvalue weighted by Crippen LogP contribution is -2.32. The zero-order chi connectivity index (χ0) is 12.8. The molecule has 4 nitrogen and oxygen atoms in total. The van der Waals surface area contributed by atoms with Gasteiger partial charge in [-0.25, -0.2) is 0 Å². The van der Waals surface area contributed by atoms with E-state index in [9.17, 15) is 4.79 Å². The fraction of sp³-hybridized carbons (Fsp3) is 0.500. The quantitative estimate of drug-likeness (QED) is 0.831. The fourth-order valence-electron chi connectivity index (χ4n) is 2.14. The molecule has 0 atom stereocenters. The van der Waals surface area contributed by atoms with Crippen molar-refractivity contribution < 1.29 is 9.53 Å². The van der Waals surface area contributed by atoms with Crippen molar-refractivity contribution in [1.82, 2.24) is 0 Å². The molecule has 0 fully saturated rings. The summed E-state index contributed by atoms with van der Waals surface area (Å²) < 4.78 is 5.25. The number of carbonyl (C=O) groups excluding carboxylic acids is 1. The number of fused-ring (bicyclic) bond motifs is 1. The van der Waals surface area contributed by atoms with Gasteiger partial charge in [-0.1, -0.05) is 12.1 Å². The van der Waals surface area contributed by atoms with E-state index in [0.29, 0.717) is 19.6 Å². The van der Waals surface area contributed by atoms with E-state index in [4.69, 9.17) is 4.74 Å². The minimum atomic E-state index is 0.139. The Labute approximate surface area is 108 Å². The van der Waals surface area contributed by atoms with Gasteiger partial charge in [0.1, 0.15) is 0 Å². The van der Waals surface area contributed by atoms with Gasteiger partial charge in [0.25, 0.3) is 0 Å². The molecule has 0 aromatic heterocycles. The van der Waals surface area contributed by atoms with E-state index >= 15 is 0 Å². The van der Waals surface area contributed by atoms with Crippen molar-refractivity contribution in [2.24, 2.45) is 0 Å². The SMILES string of the molecule is CCOCCC(=O)N1CCCNc2ccccc21. The summed E-state index contributed by atoms with van der Waals surface area (Å²) in [5.74, 6) is 0.139.